The summed E-state index contributed by atoms with van der Waals surface area (Å²) in [6.45, 7) is 5.92. The van der Waals surface area contributed by atoms with Crippen molar-refractivity contribution in [3.8, 4) is 0 Å². The Bertz CT molecular complexity index is 268. The maximum Gasteiger partial charge on any atom is 0.153 e. The van der Waals surface area contributed by atoms with Crippen LogP contribution in [0.3, 0.4) is 0 Å². The van der Waals surface area contributed by atoms with Crippen molar-refractivity contribution in [3.63, 3.8) is 0 Å². The molecule has 0 amide bonds. The fourth-order valence-corrected chi connectivity index (χ4v) is 1.30. The van der Waals surface area contributed by atoms with Crippen molar-refractivity contribution in [1.29, 1.82) is 0 Å². The van der Waals surface area contributed by atoms with Crippen LogP contribution in [-0.2, 0) is 9.84 Å². The Kier molecular flexibility index (Phi) is 2.99. The molecule has 1 heterocycles. The first-order chi connectivity index (χ1) is 5.83. The topological polar surface area (TPSA) is 58.2 Å². The Morgan fingerprint density at radius 1 is 1.46 bits per heavy atom. The van der Waals surface area contributed by atoms with Gasteiger partial charge < -0.3 is 10.6 Å². The summed E-state index contributed by atoms with van der Waals surface area (Å²) in [4.78, 5) is 0. The van der Waals surface area contributed by atoms with Crippen molar-refractivity contribution in [2.45, 2.75) is 24.6 Å². The SMILES string of the molecule is CC(C)(CNC1CNC1)S(C)(=O)=O. The zero-order chi connectivity index (χ0) is 10.1. The van der Waals surface area contributed by atoms with E-state index in [0.717, 1.165) is 13.1 Å². The van der Waals surface area contributed by atoms with Crippen molar-refractivity contribution < 1.29 is 8.42 Å². The standard InChI is InChI=1S/C8H18N2O2S/c1-8(2,13(3,11)12)6-10-7-4-9-5-7/h7,9-10H,4-6H2,1-3H3. The molecule has 5 heteroatoms. The van der Waals surface area contributed by atoms with Crippen LogP contribution in [0.25, 0.3) is 0 Å². The molecule has 0 aromatic carbocycles. The molecule has 0 aliphatic carbocycles. The third kappa shape index (κ3) is 2.65. The van der Waals surface area contributed by atoms with Crippen LogP contribution in [0.15, 0.2) is 0 Å². The van der Waals surface area contributed by atoms with E-state index >= 15 is 0 Å². The highest BCUT2D eigenvalue weighted by Gasteiger charge is 2.31. The van der Waals surface area contributed by atoms with E-state index in [1.54, 1.807) is 13.8 Å². The van der Waals surface area contributed by atoms with E-state index in [1.165, 1.54) is 6.26 Å². The smallest absolute Gasteiger partial charge is 0.153 e. The molecule has 0 saturated carbocycles. The van der Waals surface area contributed by atoms with Gasteiger partial charge in [-0.25, -0.2) is 8.42 Å². The minimum absolute atomic E-state index is 0.445. The molecule has 1 aliphatic heterocycles. The van der Waals surface area contributed by atoms with Crippen molar-refractivity contribution in [3.05, 3.63) is 0 Å². The molecule has 1 fully saturated rings. The Morgan fingerprint density at radius 3 is 2.31 bits per heavy atom. The van der Waals surface area contributed by atoms with E-state index in [0.29, 0.717) is 12.6 Å². The molecule has 0 radical (unpaired) electrons. The van der Waals surface area contributed by atoms with Crippen molar-refractivity contribution >= 4 is 9.84 Å². The van der Waals surface area contributed by atoms with Crippen LogP contribution in [-0.4, -0.2) is 45.1 Å². The van der Waals surface area contributed by atoms with Gasteiger partial charge in [-0.15, -0.1) is 0 Å². The van der Waals surface area contributed by atoms with Gasteiger partial charge in [-0.05, 0) is 13.8 Å². The number of hydrogen-bond acceptors (Lipinski definition) is 4. The molecule has 2 N–H and O–H groups in total. The lowest BCUT2D eigenvalue weighted by Gasteiger charge is -2.32. The molecule has 0 spiro atoms. The van der Waals surface area contributed by atoms with E-state index in [9.17, 15) is 8.42 Å². The lowest BCUT2D eigenvalue weighted by Crippen LogP contribution is -2.58. The first-order valence-electron chi connectivity index (χ1n) is 4.47. The van der Waals surface area contributed by atoms with Gasteiger partial charge >= 0.3 is 0 Å². The van der Waals surface area contributed by atoms with Crippen molar-refractivity contribution in [2.75, 3.05) is 25.9 Å². The molecule has 4 nitrogen and oxygen atoms in total. The number of hydrogen-bond donors (Lipinski definition) is 2. The number of sulfone groups is 1. The highest BCUT2D eigenvalue weighted by molar-refractivity contribution is 7.92. The van der Waals surface area contributed by atoms with Gasteiger partial charge in [0.05, 0.1) is 4.75 Å². The second-order valence-corrected chi connectivity index (χ2v) is 6.92. The molecule has 0 unspecified atom stereocenters. The van der Waals surface area contributed by atoms with Crippen LogP contribution in [0, 0.1) is 0 Å². The molecule has 13 heavy (non-hydrogen) atoms. The number of rotatable bonds is 4. The van der Waals surface area contributed by atoms with Gasteiger partial charge in [-0.2, -0.15) is 0 Å². The minimum Gasteiger partial charge on any atom is -0.314 e. The maximum absolute atomic E-state index is 11.3. The lowest BCUT2D eigenvalue weighted by molar-refractivity contribution is 0.353. The minimum atomic E-state index is -2.97. The van der Waals surface area contributed by atoms with Crippen LogP contribution < -0.4 is 10.6 Å². The molecular weight excluding hydrogens is 188 g/mol. The fraction of sp³-hybridized carbons (Fsp3) is 1.00. The Balaban J connectivity index is 2.42. The molecule has 0 aromatic heterocycles. The third-order valence-corrected chi connectivity index (χ3v) is 4.75. The molecule has 78 valence electrons. The highest BCUT2D eigenvalue weighted by atomic mass is 32.2. The third-order valence-electron chi connectivity index (χ3n) is 2.60. The summed E-state index contributed by atoms with van der Waals surface area (Å²) in [5, 5.41) is 6.35. The Labute approximate surface area is 80.0 Å². The van der Waals surface area contributed by atoms with Crippen LogP contribution >= 0.6 is 0 Å². The average Bonchev–Trinajstić information content (AvgIpc) is 1.80. The summed E-state index contributed by atoms with van der Waals surface area (Å²) in [5.74, 6) is 0. The maximum atomic E-state index is 11.3. The van der Waals surface area contributed by atoms with Gasteiger partial charge in [-0.3, -0.25) is 0 Å². The van der Waals surface area contributed by atoms with Gasteiger partial charge in [0.2, 0.25) is 0 Å². The molecular formula is C8H18N2O2S. The molecule has 1 aliphatic rings. The lowest BCUT2D eigenvalue weighted by atomic mass is 10.1. The molecule has 1 saturated heterocycles. The first-order valence-corrected chi connectivity index (χ1v) is 6.36. The second-order valence-electron chi connectivity index (χ2n) is 4.27. The molecule has 0 aromatic rings. The quantitative estimate of drug-likeness (QED) is 0.643. The normalized spacial score (nSPS) is 19.9. The Morgan fingerprint density at radius 2 is 2.00 bits per heavy atom. The van der Waals surface area contributed by atoms with Gasteiger partial charge in [0.25, 0.3) is 0 Å². The zero-order valence-electron chi connectivity index (χ0n) is 8.42. The van der Waals surface area contributed by atoms with Gasteiger partial charge in [-0.1, -0.05) is 0 Å². The van der Waals surface area contributed by atoms with E-state index in [1.807, 2.05) is 0 Å². The Hall–Kier alpha value is -0.130. The van der Waals surface area contributed by atoms with Crippen molar-refractivity contribution in [2.24, 2.45) is 0 Å². The van der Waals surface area contributed by atoms with Crippen LogP contribution in [0.1, 0.15) is 13.8 Å². The monoisotopic (exact) mass is 206 g/mol. The number of nitrogens with one attached hydrogen (secondary N) is 2. The van der Waals surface area contributed by atoms with Crippen LogP contribution in [0.4, 0.5) is 0 Å². The second kappa shape index (κ2) is 3.55. The zero-order valence-corrected chi connectivity index (χ0v) is 9.24. The van der Waals surface area contributed by atoms with Gasteiger partial charge in [0.1, 0.15) is 0 Å². The van der Waals surface area contributed by atoms with Gasteiger partial charge in [0, 0.05) is 31.9 Å². The molecule has 1 rings (SSSR count). The predicted molar refractivity (Wildman–Crippen MR) is 53.6 cm³/mol. The van der Waals surface area contributed by atoms with E-state index < -0.39 is 14.6 Å². The molecule has 0 bridgehead atoms. The summed E-state index contributed by atoms with van der Waals surface area (Å²) < 4.78 is 22.0. The van der Waals surface area contributed by atoms with E-state index in [4.69, 9.17) is 0 Å². The predicted octanol–water partition coefficient (Wildman–Crippen LogP) is -0.629. The highest BCUT2D eigenvalue weighted by Crippen LogP contribution is 2.13. The van der Waals surface area contributed by atoms with Crippen molar-refractivity contribution in [1.82, 2.24) is 10.6 Å². The van der Waals surface area contributed by atoms with E-state index in [-0.39, 0.29) is 0 Å². The largest absolute Gasteiger partial charge is 0.314 e. The van der Waals surface area contributed by atoms with Gasteiger partial charge in [0.15, 0.2) is 9.84 Å². The fourth-order valence-electron chi connectivity index (χ4n) is 0.954. The van der Waals surface area contributed by atoms with Crippen LogP contribution in [0.2, 0.25) is 0 Å². The summed E-state index contributed by atoms with van der Waals surface area (Å²) in [6.07, 6.45) is 1.29. The summed E-state index contributed by atoms with van der Waals surface area (Å²) in [5.41, 5.74) is 0. The summed E-state index contributed by atoms with van der Waals surface area (Å²) in [7, 11) is -2.97. The van der Waals surface area contributed by atoms with E-state index in [2.05, 4.69) is 10.6 Å². The first kappa shape index (κ1) is 10.9. The van der Waals surface area contributed by atoms with Crippen LogP contribution in [0.5, 0.6) is 0 Å². The summed E-state index contributed by atoms with van der Waals surface area (Å²) in [6, 6.07) is 0.445. The average molecular weight is 206 g/mol. The molecule has 0 atom stereocenters. The summed E-state index contributed by atoms with van der Waals surface area (Å²) >= 11 is 0.